The van der Waals surface area contributed by atoms with Crippen LogP contribution in [0, 0.1) is 19.3 Å². The molecule has 110 valence electrons. The summed E-state index contributed by atoms with van der Waals surface area (Å²) < 4.78 is 0. The molecule has 0 aliphatic carbocycles. The van der Waals surface area contributed by atoms with E-state index < -0.39 is 28.9 Å². The van der Waals surface area contributed by atoms with Gasteiger partial charge in [-0.1, -0.05) is 20.8 Å². The molecule has 0 saturated carbocycles. The topological polar surface area (TPSA) is 99.3 Å². The number of aryl methyl sites for hydroxylation is 2. The number of carbonyl (C=O) groups is 2. The summed E-state index contributed by atoms with van der Waals surface area (Å²) in [7, 11) is 0. The summed E-state index contributed by atoms with van der Waals surface area (Å²) in [5, 5.41) is 11.6. The predicted octanol–water partition coefficient (Wildman–Crippen LogP) is 1.22. The summed E-state index contributed by atoms with van der Waals surface area (Å²) >= 11 is 0. The number of hydrogen-bond donors (Lipinski definition) is 3. The van der Waals surface area contributed by atoms with Crippen LogP contribution in [0.3, 0.4) is 0 Å². The van der Waals surface area contributed by atoms with Crippen molar-refractivity contribution in [3.63, 3.8) is 0 Å². The Labute approximate surface area is 117 Å². The van der Waals surface area contributed by atoms with Gasteiger partial charge in [0.1, 0.15) is 11.6 Å². The Kier molecular flexibility index (Phi) is 4.37. The summed E-state index contributed by atoms with van der Waals surface area (Å²) in [5.41, 5.74) is -0.0621. The molecule has 0 bridgehead atoms. The van der Waals surface area contributed by atoms with Gasteiger partial charge in [-0.05, 0) is 30.9 Å². The monoisotopic (exact) mass is 280 g/mol. The van der Waals surface area contributed by atoms with Crippen molar-refractivity contribution in [3.8, 4) is 0 Å². The van der Waals surface area contributed by atoms with Crippen LogP contribution in [0.15, 0.2) is 10.9 Å². The molecule has 1 heterocycles. The third-order valence-electron chi connectivity index (χ3n) is 2.98. The van der Waals surface area contributed by atoms with Crippen LogP contribution in [0.4, 0.5) is 0 Å². The van der Waals surface area contributed by atoms with E-state index in [1.165, 1.54) is 0 Å². The number of amides is 1. The Morgan fingerprint density at radius 2 is 1.85 bits per heavy atom. The second-order valence-corrected chi connectivity index (χ2v) is 5.95. The fourth-order valence-electron chi connectivity index (χ4n) is 1.99. The van der Waals surface area contributed by atoms with E-state index in [4.69, 9.17) is 0 Å². The molecule has 1 aromatic heterocycles. The molecule has 0 aliphatic heterocycles. The molecule has 0 fully saturated rings. The number of H-pyrrole nitrogens is 1. The minimum absolute atomic E-state index is 0.0499. The molecule has 0 radical (unpaired) electrons. The zero-order chi connectivity index (χ0) is 15.7. The number of carboxylic acid groups (broad SMARTS) is 1. The van der Waals surface area contributed by atoms with Gasteiger partial charge in [0.05, 0.1) is 0 Å². The van der Waals surface area contributed by atoms with Crippen molar-refractivity contribution < 1.29 is 14.7 Å². The molecule has 1 rings (SSSR count). The van der Waals surface area contributed by atoms with Crippen LogP contribution < -0.4 is 10.9 Å². The van der Waals surface area contributed by atoms with Crippen molar-refractivity contribution in [1.82, 2.24) is 10.3 Å². The summed E-state index contributed by atoms with van der Waals surface area (Å²) in [6.45, 7) is 8.48. The third-order valence-corrected chi connectivity index (χ3v) is 2.98. The normalized spacial score (nSPS) is 12.8. The van der Waals surface area contributed by atoms with Crippen molar-refractivity contribution in [3.05, 3.63) is 33.2 Å². The molecule has 0 aliphatic rings. The van der Waals surface area contributed by atoms with Crippen molar-refractivity contribution in [2.24, 2.45) is 5.41 Å². The number of carboxylic acids is 1. The van der Waals surface area contributed by atoms with E-state index >= 15 is 0 Å². The van der Waals surface area contributed by atoms with Crippen LogP contribution in [0.2, 0.25) is 0 Å². The Morgan fingerprint density at radius 1 is 1.30 bits per heavy atom. The number of aliphatic carboxylic acids is 1. The quantitative estimate of drug-likeness (QED) is 0.775. The molecular weight excluding hydrogens is 260 g/mol. The van der Waals surface area contributed by atoms with Crippen LogP contribution in [-0.2, 0) is 4.79 Å². The predicted molar refractivity (Wildman–Crippen MR) is 74.9 cm³/mol. The number of nitrogens with one attached hydrogen (secondary N) is 2. The van der Waals surface area contributed by atoms with E-state index in [2.05, 4.69) is 10.3 Å². The first-order valence-corrected chi connectivity index (χ1v) is 6.28. The highest BCUT2D eigenvalue weighted by atomic mass is 16.4. The first-order chi connectivity index (χ1) is 9.04. The standard InChI is InChI=1S/C14H20N2O4/c1-7-6-8(2)15-11(17)9(7)12(18)16-10(13(19)20)14(3,4)5/h6,10H,1-5H3,(H,15,17)(H,16,18)(H,19,20)/t10-/m1/s1. The lowest BCUT2D eigenvalue weighted by molar-refractivity contribution is -0.142. The molecule has 1 amide bonds. The molecule has 0 unspecified atom stereocenters. The minimum atomic E-state index is -1.13. The van der Waals surface area contributed by atoms with E-state index in [1.54, 1.807) is 40.7 Å². The maximum Gasteiger partial charge on any atom is 0.326 e. The van der Waals surface area contributed by atoms with Crippen molar-refractivity contribution in [2.45, 2.75) is 40.7 Å². The summed E-state index contributed by atoms with van der Waals surface area (Å²) in [4.78, 5) is 37.8. The van der Waals surface area contributed by atoms with Gasteiger partial charge < -0.3 is 15.4 Å². The van der Waals surface area contributed by atoms with Crippen molar-refractivity contribution >= 4 is 11.9 Å². The Balaban J connectivity index is 3.14. The van der Waals surface area contributed by atoms with E-state index in [9.17, 15) is 19.5 Å². The van der Waals surface area contributed by atoms with Crippen LogP contribution in [0.25, 0.3) is 0 Å². The maximum absolute atomic E-state index is 12.2. The van der Waals surface area contributed by atoms with Gasteiger partial charge in [0.2, 0.25) is 0 Å². The van der Waals surface area contributed by atoms with Crippen LogP contribution in [0.5, 0.6) is 0 Å². The average molecular weight is 280 g/mol. The Hall–Kier alpha value is -2.11. The second kappa shape index (κ2) is 5.48. The number of rotatable bonds is 3. The second-order valence-electron chi connectivity index (χ2n) is 5.95. The Bertz CT molecular complexity index is 596. The highest BCUT2D eigenvalue weighted by Gasteiger charge is 2.33. The van der Waals surface area contributed by atoms with Gasteiger partial charge in [-0.15, -0.1) is 0 Å². The fraction of sp³-hybridized carbons (Fsp3) is 0.500. The van der Waals surface area contributed by atoms with Gasteiger partial charge in [0.15, 0.2) is 0 Å². The van der Waals surface area contributed by atoms with Gasteiger partial charge in [-0.3, -0.25) is 9.59 Å². The van der Waals surface area contributed by atoms with Gasteiger partial charge in [-0.25, -0.2) is 4.79 Å². The summed E-state index contributed by atoms with van der Waals surface area (Å²) in [5.74, 6) is -1.81. The van der Waals surface area contributed by atoms with E-state index in [0.29, 0.717) is 11.3 Å². The zero-order valence-corrected chi connectivity index (χ0v) is 12.3. The molecule has 0 spiro atoms. The Morgan fingerprint density at radius 3 is 2.25 bits per heavy atom. The molecule has 1 aromatic rings. The number of aromatic amines is 1. The van der Waals surface area contributed by atoms with Crippen molar-refractivity contribution in [2.75, 3.05) is 0 Å². The summed E-state index contributed by atoms with van der Waals surface area (Å²) in [6, 6.07) is 0.596. The highest BCUT2D eigenvalue weighted by Crippen LogP contribution is 2.20. The molecule has 6 heteroatoms. The van der Waals surface area contributed by atoms with Gasteiger partial charge in [0.25, 0.3) is 11.5 Å². The van der Waals surface area contributed by atoms with Crippen LogP contribution in [0.1, 0.15) is 42.4 Å². The molecule has 1 atom stereocenters. The molecule has 0 aromatic carbocycles. The number of aromatic nitrogens is 1. The molecule has 0 saturated heterocycles. The number of carbonyl (C=O) groups excluding carboxylic acids is 1. The lowest BCUT2D eigenvalue weighted by atomic mass is 9.86. The first-order valence-electron chi connectivity index (χ1n) is 6.28. The smallest absolute Gasteiger partial charge is 0.326 e. The fourth-order valence-corrected chi connectivity index (χ4v) is 1.99. The third kappa shape index (κ3) is 3.46. The number of pyridine rings is 1. The van der Waals surface area contributed by atoms with Crippen LogP contribution >= 0.6 is 0 Å². The van der Waals surface area contributed by atoms with E-state index in [-0.39, 0.29) is 5.56 Å². The first kappa shape index (κ1) is 15.9. The van der Waals surface area contributed by atoms with E-state index in [1.807, 2.05) is 0 Å². The molecule has 6 nitrogen and oxygen atoms in total. The van der Waals surface area contributed by atoms with Crippen molar-refractivity contribution in [1.29, 1.82) is 0 Å². The largest absolute Gasteiger partial charge is 0.480 e. The average Bonchev–Trinajstić information content (AvgIpc) is 2.22. The minimum Gasteiger partial charge on any atom is -0.480 e. The van der Waals surface area contributed by atoms with Gasteiger partial charge in [0, 0.05) is 5.69 Å². The lowest BCUT2D eigenvalue weighted by Gasteiger charge is -2.27. The van der Waals surface area contributed by atoms with Gasteiger partial charge >= 0.3 is 5.97 Å². The number of hydrogen-bond acceptors (Lipinski definition) is 3. The summed E-state index contributed by atoms with van der Waals surface area (Å²) in [6.07, 6.45) is 0. The zero-order valence-electron chi connectivity index (χ0n) is 12.3. The molecule has 20 heavy (non-hydrogen) atoms. The molecular formula is C14H20N2O4. The SMILES string of the molecule is Cc1cc(C)c(C(=O)N[C@H](C(=O)O)C(C)(C)C)c(=O)[nH]1. The highest BCUT2D eigenvalue weighted by molar-refractivity contribution is 5.97. The lowest BCUT2D eigenvalue weighted by Crippen LogP contribution is -2.50. The van der Waals surface area contributed by atoms with Crippen LogP contribution in [-0.4, -0.2) is 28.0 Å². The van der Waals surface area contributed by atoms with E-state index in [0.717, 1.165) is 0 Å². The van der Waals surface area contributed by atoms with Gasteiger partial charge in [-0.2, -0.15) is 0 Å². The maximum atomic E-state index is 12.2. The molecule has 3 N–H and O–H groups in total.